The van der Waals surface area contributed by atoms with Crippen molar-refractivity contribution in [2.24, 2.45) is 0 Å². The molecule has 2 rings (SSSR count). The molecule has 2 N–H and O–H groups in total. The van der Waals surface area contributed by atoms with Gasteiger partial charge in [0.2, 0.25) is 5.91 Å². The molecule has 0 aliphatic heterocycles. The molecule has 1 unspecified atom stereocenters. The second-order valence-corrected chi connectivity index (χ2v) is 4.60. The molecule has 20 heavy (non-hydrogen) atoms. The van der Waals surface area contributed by atoms with E-state index in [1.165, 1.54) is 0 Å². The number of benzene rings is 1. The number of nitrogens with one attached hydrogen (secondary N) is 1. The van der Waals surface area contributed by atoms with Crippen LogP contribution >= 0.6 is 0 Å². The average Bonchev–Trinajstić information content (AvgIpc) is 2.47. The zero-order valence-corrected chi connectivity index (χ0v) is 11.3. The van der Waals surface area contributed by atoms with Crippen molar-refractivity contribution in [2.75, 3.05) is 5.32 Å². The summed E-state index contributed by atoms with van der Waals surface area (Å²) >= 11 is 0. The first kappa shape index (κ1) is 14.1. The van der Waals surface area contributed by atoms with E-state index in [0.717, 1.165) is 5.56 Å². The fourth-order valence-electron chi connectivity index (χ4n) is 1.69. The van der Waals surface area contributed by atoms with Gasteiger partial charge in [-0.3, -0.25) is 4.79 Å². The molecule has 0 fully saturated rings. The highest BCUT2D eigenvalue weighted by Gasteiger charge is 2.06. The third-order valence-electron chi connectivity index (χ3n) is 2.76. The van der Waals surface area contributed by atoms with Crippen LogP contribution in [0.4, 0.5) is 5.69 Å². The van der Waals surface area contributed by atoms with E-state index in [0.29, 0.717) is 17.9 Å². The van der Waals surface area contributed by atoms with Crippen molar-refractivity contribution in [1.82, 2.24) is 9.97 Å². The van der Waals surface area contributed by atoms with E-state index in [1.54, 1.807) is 19.3 Å². The van der Waals surface area contributed by atoms with Crippen molar-refractivity contribution in [1.29, 1.82) is 0 Å². The number of anilines is 1. The predicted molar refractivity (Wildman–Crippen MR) is 77.0 cm³/mol. The number of nitrogens with zero attached hydrogens (tertiary/aromatic N) is 2. The minimum absolute atomic E-state index is 0.151. The lowest BCUT2D eigenvalue weighted by Gasteiger charge is -2.06. The first-order chi connectivity index (χ1) is 9.65. The van der Waals surface area contributed by atoms with Crippen molar-refractivity contribution in [3.05, 3.63) is 42.7 Å². The summed E-state index contributed by atoms with van der Waals surface area (Å²) in [6.45, 7) is 1.66. The van der Waals surface area contributed by atoms with E-state index in [1.807, 2.05) is 30.3 Å². The smallest absolute Gasteiger partial charge is 0.224 e. The van der Waals surface area contributed by atoms with Gasteiger partial charge in [0.15, 0.2) is 5.82 Å². The second kappa shape index (κ2) is 6.77. The molecule has 0 radical (unpaired) electrons. The van der Waals surface area contributed by atoms with Gasteiger partial charge in [0, 0.05) is 12.0 Å². The Bertz CT molecular complexity index is 553. The number of carbonyl (C=O) groups excluding carboxylic acids is 1. The maximum Gasteiger partial charge on any atom is 0.224 e. The Hall–Kier alpha value is -2.27. The van der Waals surface area contributed by atoms with Crippen LogP contribution < -0.4 is 5.32 Å². The molecule has 1 aromatic carbocycles. The summed E-state index contributed by atoms with van der Waals surface area (Å²) in [5.41, 5.74) is 1.49. The minimum Gasteiger partial charge on any atom is -0.393 e. The molecule has 104 valence electrons. The summed E-state index contributed by atoms with van der Waals surface area (Å²) in [7, 11) is 0. The molecule has 1 amide bonds. The van der Waals surface area contributed by atoms with E-state index in [2.05, 4.69) is 15.3 Å². The van der Waals surface area contributed by atoms with Crippen molar-refractivity contribution < 1.29 is 9.90 Å². The maximum absolute atomic E-state index is 11.6. The molecule has 5 nitrogen and oxygen atoms in total. The normalized spacial score (nSPS) is 11.9. The highest BCUT2D eigenvalue weighted by molar-refractivity contribution is 5.90. The Kier molecular flexibility index (Phi) is 4.79. The fourth-order valence-corrected chi connectivity index (χ4v) is 1.69. The summed E-state index contributed by atoms with van der Waals surface area (Å²) in [5.74, 6) is 0.467. The molecule has 0 spiro atoms. The van der Waals surface area contributed by atoms with E-state index >= 15 is 0 Å². The summed E-state index contributed by atoms with van der Waals surface area (Å²) in [4.78, 5) is 20.0. The Morgan fingerprint density at radius 3 is 2.50 bits per heavy atom. The molecular weight excluding hydrogens is 254 g/mol. The lowest BCUT2D eigenvalue weighted by molar-refractivity contribution is -0.116. The van der Waals surface area contributed by atoms with Crippen LogP contribution in [0, 0.1) is 0 Å². The highest BCUT2D eigenvalue weighted by Crippen LogP contribution is 2.14. The monoisotopic (exact) mass is 271 g/mol. The molecule has 2 aromatic rings. The fraction of sp³-hybridized carbons (Fsp3) is 0.267. The molecule has 0 bridgehead atoms. The molecule has 0 saturated heterocycles. The van der Waals surface area contributed by atoms with Crippen LogP contribution in [0.1, 0.15) is 19.8 Å². The SMILES string of the molecule is CC(O)CCC(=O)Nc1cnc(-c2ccccc2)nc1. The molecule has 1 atom stereocenters. The zero-order valence-electron chi connectivity index (χ0n) is 11.3. The number of aromatic nitrogens is 2. The van der Waals surface area contributed by atoms with E-state index < -0.39 is 6.10 Å². The Labute approximate surface area is 117 Å². The average molecular weight is 271 g/mol. The van der Waals surface area contributed by atoms with E-state index in [4.69, 9.17) is 5.11 Å². The van der Waals surface area contributed by atoms with Gasteiger partial charge in [-0.1, -0.05) is 30.3 Å². The zero-order chi connectivity index (χ0) is 14.4. The van der Waals surface area contributed by atoms with E-state index in [-0.39, 0.29) is 12.3 Å². The van der Waals surface area contributed by atoms with Gasteiger partial charge in [-0.2, -0.15) is 0 Å². The number of amides is 1. The number of rotatable bonds is 5. The highest BCUT2D eigenvalue weighted by atomic mass is 16.3. The first-order valence-electron chi connectivity index (χ1n) is 6.50. The first-order valence-corrected chi connectivity index (χ1v) is 6.50. The largest absolute Gasteiger partial charge is 0.393 e. The third-order valence-corrected chi connectivity index (χ3v) is 2.76. The lowest BCUT2D eigenvalue weighted by atomic mass is 10.2. The van der Waals surface area contributed by atoms with Crippen LogP contribution in [-0.4, -0.2) is 27.1 Å². The predicted octanol–water partition coefficient (Wildman–Crippen LogP) is 2.24. The third kappa shape index (κ3) is 4.13. The molecule has 1 aromatic heterocycles. The van der Waals surface area contributed by atoms with Crippen molar-refractivity contribution in [3.63, 3.8) is 0 Å². The van der Waals surface area contributed by atoms with Crippen molar-refractivity contribution in [3.8, 4) is 11.4 Å². The summed E-state index contributed by atoms with van der Waals surface area (Å²) in [5, 5.41) is 11.8. The molecule has 0 aliphatic carbocycles. The molecular formula is C15H17N3O2. The van der Waals surface area contributed by atoms with Crippen LogP contribution in [0.3, 0.4) is 0 Å². The second-order valence-electron chi connectivity index (χ2n) is 4.60. The minimum atomic E-state index is -0.475. The number of aliphatic hydroxyl groups is 1. The standard InChI is InChI=1S/C15H17N3O2/c1-11(19)7-8-14(20)18-13-9-16-15(17-10-13)12-5-3-2-4-6-12/h2-6,9-11,19H,7-8H2,1H3,(H,18,20). The van der Waals surface area contributed by atoms with Crippen LogP contribution in [0.5, 0.6) is 0 Å². The summed E-state index contributed by atoms with van der Waals surface area (Å²) in [6, 6.07) is 9.63. The van der Waals surface area contributed by atoms with Crippen molar-refractivity contribution >= 4 is 11.6 Å². The van der Waals surface area contributed by atoms with Gasteiger partial charge in [-0.05, 0) is 13.3 Å². The molecule has 0 saturated carbocycles. The van der Waals surface area contributed by atoms with Gasteiger partial charge < -0.3 is 10.4 Å². The number of hydrogen-bond donors (Lipinski definition) is 2. The Morgan fingerprint density at radius 2 is 1.90 bits per heavy atom. The van der Waals surface area contributed by atoms with Gasteiger partial charge in [0.05, 0.1) is 24.2 Å². The van der Waals surface area contributed by atoms with Crippen LogP contribution in [0.25, 0.3) is 11.4 Å². The van der Waals surface area contributed by atoms with Crippen LogP contribution in [0.15, 0.2) is 42.7 Å². The van der Waals surface area contributed by atoms with Crippen molar-refractivity contribution in [2.45, 2.75) is 25.9 Å². The quantitative estimate of drug-likeness (QED) is 0.874. The summed E-state index contributed by atoms with van der Waals surface area (Å²) in [6.07, 6.45) is 3.40. The van der Waals surface area contributed by atoms with Gasteiger partial charge in [0.1, 0.15) is 0 Å². The van der Waals surface area contributed by atoms with E-state index in [9.17, 15) is 4.79 Å². The van der Waals surface area contributed by atoms with Gasteiger partial charge in [-0.15, -0.1) is 0 Å². The van der Waals surface area contributed by atoms with Gasteiger partial charge >= 0.3 is 0 Å². The Balaban J connectivity index is 1.97. The van der Waals surface area contributed by atoms with Gasteiger partial charge in [-0.25, -0.2) is 9.97 Å². The maximum atomic E-state index is 11.6. The van der Waals surface area contributed by atoms with Crippen LogP contribution in [-0.2, 0) is 4.79 Å². The molecule has 5 heteroatoms. The number of hydrogen-bond acceptors (Lipinski definition) is 4. The molecule has 1 heterocycles. The Morgan fingerprint density at radius 1 is 1.25 bits per heavy atom. The molecule has 0 aliphatic rings. The number of carbonyl (C=O) groups is 1. The van der Waals surface area contributed by atoms with Gasteiger partial charge in [0.25, 0.3) is 0 Å². The summed E-state index contributed by atoms with van der Waals surface area (Å²) < 4.78 is 0. The number of aliphatic hydroxyl groups excluding tert-OH is 1. The lowest BCUT2D eigenvalue weighted by Crippen LogP contribution is -2.14. The topological polar surface area (TPSA) is 75.1 Å². The van der Waals surface area contributed by atoms with Crippen LogP contribution in [0.2, 0.25) is 0 Å².